The molecule has 136 valence electrons. The maximum absolute atomic E-state index is 12.3. The fraction of sp³-hybridized carbons (Fsp3) is 0.333. The summed E-state index contributed by atoms with van der Waals surface area (Å²) < 4.78 is 0. The van der Waals surface area contributed by atoms with E-state index >= 15 is 0 Å². The van der Waals surface area contributed by atoms with Crippen LogP contribution in [0.5, 0.6) is 0 Å². The van der Waals surface area contributed by atoms with E-state index in [4.69, 9.17) is 23.2 Å². The van der Waals surface area contributed by atoms with Gasteiger partial charge in [-0.25, -0.2) is 5.43 Å². The highest BCUT2D eigenvalue weighted by Crippen LogP contribution is 2.47. The van der Waals surface area contributed by atoms with E-state index in [-0.39, 0.29) is 23.2 Å². The molecule has 0 radical (unpaired) electrons. The topological polar surface area (TPSA) is 41.5 Å². The third-order valence-corrected chi connectivity index (χ3v) is 5.24. The van der Waals surface area contributed by atoms with Crippen LogP contribution in [0.1, 0.15) is 49.8 Å². The highest BCUT2D eigenvalue weighted by atomic mass is 35.5. The molecule has 1 fully saturated rings. The molecule has 0 bridgehead atoms. The van der Waals surface area contributed by atoms with E-state index in [1.807, 2.05) is 0 Å². The number of rotatable bonds is 4. The molecule has 2 aromatic carbocycles. The average Bonchev–Trinajstić information content (AvgIpc) is 3.37. The maximum Gasteiger partial charge on any atom is 0.243 e. The number of amides is 1. The van der Waals surface area contributed by atoms with Crippen molar-refractivity contribution in [1.29, 1.82) is 0 Å². The molecule has 5 heteroatoms. The van der Waals surface area contributed by atoms with Crippen molar-refractivity contribution in [2.75, 3.05) is 0 Å². The summed E-state index contributed by atoms with van der Waals surface area (Å²) in [5, 5.41) is 5.08. The monoisotopic (exact) mass is 388 g/mol. The summed E-state index contributed by atoms with van der Waals surface area (Å²) in [6.07, 6.45) is 2.39. The lowest BCUT2D eigenvalue weighted by atomic mass is 9.86. The number of benzene rings is 2. The molecule has 2 aromatic rings. The van der Waals surface area contributed by atoms with E-state index < -0.39 is 0 Å². The Kier molecular flexibility index (Phi) is 5.40. The molecule has 0 heterocycles. The van der Waals surface area contributed by atoms with Gasteiger partial charge < -0.3 is 0 Å². The highest BCUT2D eigenvalue weighted by molar-refractivity contribution is 6.36. The highest BCUT2D eigenvalue weighted by Gasteiger charge is 2.43. The number of hydrogen-bond acceptors (Lipinski definition) is 2. The first-order valence-electron chi connectivity index (χ1n) is 8.64. The van der Waals surface area contributed by atoms with Crippen molar-refractivity contribution in [1.82, 2.24) is 5.43 Å². The van der Waals surface area contributed by atoms with Gasteiger partial charge in [0.1, 0.15) is 0 Å². The molecule has 0 spiro atoms. The minimum absolute atomic E-state index is 0.0201. The van der Waals surface area contributed by atoms with Crippen LogP contribution in [-0.2, 0) is 10.2 Å². The molecular formula is C21H22Cl2N2O. The van der Waals surface area contributed by atoms with E-state index in [0.717, 1.165) is 6.42 Å². The van der Waals surface area contributed by atoms with Crippen LogP contribution in [0.25, 0.3) is 0 Å². The van der Waals surface area contributed by atoms with Crippen molar-refractivity contribution < 1.29 is 4.79 Å². The van der Waals surface area contributed by atoms with Crippen molar-refractivity contribution in [3.8, 4) is 0 Å². The third kappa shape index (κ3) is 4.46. The Balaban J connectivity index is 1.56. The average molecular weight is 389 g/mol. The van der Waals surface area contributed by atoms with Gasteiger partial charge in [0.05, 0.1) is 11.2 Å². The van der Waals surface area contributed by atoms with Crippen molar-refractivity contribution in [3.05, 3.63) is 69.2 Å². The molecule has 0 unspecified atom stereocenters. The molecule has 1 N–H and O–H groups in total. The first kappa shape index (κ1) is 18.9. The first-order chi connectivity index (χ1) is 12.3. The fourth-order valence-corrected chi connectivity index (χ4v) is 3.40. The van der Waals surface area contributed by atoms with Crippen LogP contribution in [0.2, 0.25) is 10.0 Å². The second-order valence-corrected chi connectivity index (χ2v) is 8.56. The summed E-state index contributed by atoms with van der Waals surface area (Å²) in [7, 11) is 0. The second-order valence-electron chi connectivity index (χ2n) is 7.72. The molecule has 2 atom stereocenters. The zero-order chi connectivity index (χ0) is 18.9. The predicted molar refractivity (Wildman–Crippen MR) is 108 cm³/mol. The Hall–Kier alpha value is -1.84. The van der Waals surface area contributed by atoms with Gasteiger partial charge >= 0.3 is 0 Å². The van der Waals surface area contributed by atoms with E-state index in [1.54, 1.807) is 18.2 Å². The van der Waals surface area contributed by atoms with Crippen LogP contribution in [0.15, 0.2) is 47.6 Å². The molecule has 0 aromatic heterocycles. The molecule has 1 aliphatic rings. The Morgan fingerprint density at radius 1 is 1.15 bits per heavy atom. The van der Waals surface area contributed by atoms with Crippen molar-refractivity contribution in [3.63, 3.8) is 0 Å². The van der Waals surface area contributed by atoms with Gasteiger partial charge in [-0.05, 0) is 41.0 Å². The molecule has 26 heavy (non-hydrogen) atoms. The number of halogens is 2. The van der Waals surface area contributed by atoms with Crippen LogP contribution in [-0.4, -0.2) is 12.1 Å². The Bertz CT molecular complexity index is 838. The van der Waals surface area contributed by atoms with Crippen LogP contribution in [0.4, 0.5) is 0 Å². The van der Waals surface area contributed by atoms with Gasteiger partial charge in [-0.15, -0.1) is 0 Å². The molecule has 0 saturated heterocycles. The number of nitrogens with one attached hydrogen (secondary N) is 1. The van der Waals surface area contributed by atoms with E-state index in [2.05, 4.69) is 55.6 Å². The summed E-state index contributed by atoms with van der Waals surface area (Å²) >= 11 is 11.9. The van der Waals surface area contributed by atoms with E-state index in [0.29, 0.717) is 15.6 Å². The lowest BCUT2D eigenvalue weighted by molar-refractivity contribution is -0.122. The second kappa shape index (κ2) is 7.42. The molecule has 0 aliphatic heterocycles. The summed E-state index contributed by atoms with van der Waals surface area (Å²) in [5.74, 6) is 0.197. The zero-order valence-corrected chi connectivity index (χ0v) is 16.6. The van der Waals surface area contributed by atoms with Crippen LogP contribution in [0, 0.1) is 5.92 Å². The molecule has 1 amide bonds. The van der Waals surface area contributed by atoms with Crippen molar-refractivity contribution >= 4 is 35.3 Å². The molecule has 1 aliphatic carbocycles. The fourth-order valence-electron chi connectivity index (χ4n) is 2.94. The SMILES string of the molecule is CC(C)(C)c1ccc([C@H]2C[C@H]2C(=O)NN=Cc2ccc(Cl)cc2Cl)cc1. The lowest BCUT2D eigenvalue weighted by Gasteiger charge is -2.19. The minimum Gasteiger partial charge on any atom is -0.273 e. The maximum atomic E-state index is 12.3. The molecule has 3 nitrogen and oxygen atoms in total. The van der Waals surface area contributed by atoms with Gasteiger partial charge in [0, 0.05) is 16.5 Å². The largest absolute Gasteiger partial charge is 0.273 e. The number of hydrazone groups is 1. The number of hydrogen-bond donors (Lipinski definition) is 1. The summed E-state index contributed by atoms with van der Waals surface area (Å²) in [4.78, 5) is 12.3. The van der Waals surface area contributed by atoms with Gasteiger partial charge in [0.25, 0.3) is 0 Å². The third-order valence-electron chi connectivity index (χ3n) is 4.67. The van der Waals surface area contributed by atoms with E-state index in [1.165, 1.54) is 17.3 Å². The lowest BCUT2D eigenvalue weighted by Crippen LogP contribution is -2.20. The van der Waals surface area contributed by atoms with Crippen molar-refractivity contribution in [2.45, 2.75) is 38.5 Å². The van der Waals surface area contributed by atoms with Crippen LogP contribution in [0.3, 0.4) is 0 Å². The van der Waals surface area contributed by atoms with E-state index in [9.17, 15) is 4.79 Å². The van der Waals surface area contributed by atoms with Crippen molar-refractivity contribution in [2.24, 2.45) is 11.0 Å². The molecule has 1 saturated carbocycles. The van der Waals surface area contributed by atoms with Gasteiger partial charge in [0.2, 0.25) is 5.91 Å². The van der Waals surface area contributed by atoms with Gasteiger partial charge in [-0.1, -0.05) is 74.3 Å². The number of carbonyl (C=O) groups is 1. The normalized spacial score (nSPS) is 19.6. The smallest absolute Gasteiger partial charge is 0.243 e. The van der Waals surface area contributed by atoms with Crippen LogP contribution >= 0.6 is 23.2 Å². The number of carbonyl (C=O) groups excluding carboxylic acids is 1. The summed E-state index contributed by atoms with van der Waals surface area (Å²) in [6.45, 7) is 6.58. The van der Waals surface area contributed by atoms with Crippen LogP contribution < -0.4 is 5.43 Å². The minimum atomic E-state index is -0.0590. The quantitative estimate of drug-likeness (QED) is 0.541. The summed E-state index contributed by atoms with van der Waals surface area (Å²) in [6, 6.07) is 13.7. The molecule has 3 rings (SSSR count). The number of nitrogens with zero attached hydrogens (tertiary/aromatic N) is 1. The standard InChI is InChI=1S/C21H22Cl2N2O/c1-21(2,3)15-7-4-13(5-8-15)17-11-18(17)20(26)25-24-12-14-6-9-16(22)10-19(14)23/h4-10,12,17-18H,11H2,1-3H3,(H,25,26)/t17-,18-/m1/s1. The van der Waals surface area contributed by atoms with Gasteiger partial charge in [-0.3, -0.25) is 4.79 Å². The zero-order valence-electron chi connectivity index (χ0n) is 15.1. The van der Waals surface area contributed by atoms with Gasteiger partial charge in [-0.2, -0.15) is 5.10 Å². The molecular weight excluding hydrogens is 367 g/mol. The first-order valence-corrected chi connectivity index (χ1v) is 9.40. The Morgan fingerprint density at radius 2 is 1.85 bits per heavy atom. The predicted octanol–water partition coefficient (Wildman–Crippen LogP) is 5.54. The van der Waals surface area contributed by atoms with Gasteiger partial charge in [0.15, 0.2) is 0 Å². The Labute approximate surface area is 164 Å². The Morgan fingerprint density at radius 3 is 2.46 bits per heavy atom. The summed E-state index contributed by atoms with van der Waals surface area (Å²) in [5.41, 5.74) is 5.96.